The van der Waals surface area contributed by atoms with Gasteiger partial charge in [0.15, 0.2) is 5.96 Å². The van der Waals surface area contributed by atoms with E-state index in [1.807, 2.05) is 0 Å². The van der Waals surface area contributed by atoms with Crippen molar-refractivity contribution in [2.24, 2.45) is 10.7 Å². The van der Waals surface area contributed by atoms with Gasteiger partial charge in [-0.05, 0) is 40.2 Å². The molecule has 0 aromatic carbocycles. The molecular weight excluding hydrogens is 314 g/mol. The summed E-state index contributed by atoms with van der Waals surface area (Å²) in [6.45, 7) is 2.48. The highest BCUT2D eigenvalue weighted by molar-refractivity contribution is 9.10. The number of hydrogen-bond donors (Lipinski definition) is 1. The van der Waals surface area contributed by atoms with Crippen LogP contribution in [0.4, 0.5) is 0 Å². The van der Waals surface area contributed by atoms with Crippen molar-refractivity contribution in [2.75, 3.05) is 19.7 Å². The lowest BCUT2D eigenvalue weighted by atomic mass is 10.2. The lowest BCUT2D eigenvalue weighted by molar-refractivity contribution is 0.0855. The van der Waals surface area contributed by atoms with Gasteiger partial charge in [0.2, 0.25) is 0 Å². The molecule has 1 aromatic rings. The van der Waals surface area contributed by atoms with Gasteiger partial charge in [0.1, 0.15) is 0 Å². The van der Waals surface area contributed by atoms with Crippen molar-refractivity contribution >= 4 is 33.2 Å². The van der Waals surface area contributed by atoms with Crippen LogP contribution in [0.2, 0.25) is 0 Å². The number of guanidine groups is 1. The summed E-state index contributed by atoms with van der Waals surface area (Å²) in [4.78, 5) is 7.88. The lowest BCUT2D eigenvalue weighted by Gasteiger charge is -2.28. The van der Waals surface area contributed by atoms with Crippen LogP contribution in [0.25, 0.3) is 0 Å². The maximum Gasteiger partial charge on any atom is 0.192 e. The molecule has 2 unspecified atom stereocenters. The summed E-state index contributed by atoms with van der Waals surface area (Å²) >= 11 is 5.35. The summed E-state index contributed by atoms with van der Waals surface area (Å²) in [6, 6.07) is 2.35. The van der Waals surface area contributed by atoms with Gasteiger partial charge in [0.05, 0.1) is 18.7 Å². The van der Waals surface area contributed by atoms with Crippen LogP contribution in [-0.2, 0) is 4.74 Å². The van der Waals surface area contributed by atoms with Crippen LogP contribution in [-0.4, -0.2) is 36.7 Å². The van der Waals surface area contributed by atoms with E-state index < -0.39 is 0 Å². The fourth-order valence-electron chi connectivity index (χ4n) is 2.53. The van der Waals surface area contributed by atoms with E-state index in [1.165, 1.54) is 4.88 Å². The molecule has 0 bridgehead atoms. The van der Waals surface area contributed by atoms with E-state index in [1.54, 1.807) is 11.3 Å². The average molecular weight is 330 g/mol. The van der Waals surface area contributed by atoms with Crippen LogP contribution in [0.1, 0.15) is 23.8 Å². The Morgan fingerprint density at radius 1 is 1.61 bits per heavy atom. The quantitative estimate of drug-likeness (QED) is 0.926. The lowest BCUT2D eigenvalue weighted by Crippen LogP contribution is -2.40. The van der Waals surface area contributed by atoms with E-state index >= 15 is 0 Å². The maximum absolute atomic E-state index is 6.01. The molecule has 0 radical (unpaired) electrons. The largest absolute Gasteiger partial charge is 0.376 e. The second kappa shape index (κ2) is 5.19. The van der Waals surface area contributed by atoms with Crippen molar-refractivity contribution in [1.82, 2.24) is 4.90 Å². The van der Waals surface area contributed by atoms with E-state index in [-0.39, 0.29) is 6.04 Å². The Morgan fingerprint density at radius 3 is 3.17 bits per heavy atom. The average Bonchev–Trinajstić information content (AvgIpc) is 3.05. The van der Waals surface area contributed by atoms with E-state index in [0.29, 0.717) is 12.1 Å². The Hall–Kier alpha value is -0.590. The molecule has 0 aliphatic carbocycles. The Bertz CT molecular complexity index is 456. The van der Waals surface area contributed by atoms with E-state index in [4.69, 9.17) is 10.5 Å². The Labute approximate surface area is 119 Å². The Kier molecular flexibility index (Phi) is 3.59. The predicted molar refractivity (Wildman–Crippen MR) is 76.9 cm³/mol. The molecule has 2 aliphatic heterocycles. The summed E-state index contributed by atoms with van der Waals surface area (Å²) < 4.78 is 6.85. The number of halogens is 1. The van der Waals surface area contributed by atoms with Crippen molar-refractivity contribution in [1.29, 1.82) is 0 Å². The molecule has 98 valence electrons. The Balaban J connectivity index is 1.76. The van der Waals surface area contributed by atoms with Gasteiger partial charge in [-0.2, -0.15) is 0 Å². The van der Waals surface area contributed by atoms with Gasteiger partial charge in [-0.1, -0.05) is 0 Å². The number of aliphatic imine (C=N–C) groups is 1. The molecule has 1 saturated heterocycles. The number of hydrogen-bond acceptors (Lipinski definition) is 5. The normalized spacial score (nSPS) is 27.8. The summed E-state index contributed by atoms with van der Waals surface area (Å²) in [5, 5.41) is 2.10. The first-order valence-electron chi connectivity index (χ1n) is 6.17. The first-order valence-corrected chi connectivity index (χ1v) is 7.84. The van der Waals surface area contributed by atoms with Gasteiger partial charge in [-0.15, -0.1) is 11.3 Å². The smallest absolute Gasteiger partial charge is 0.192 e. The number of rotatable bonds is 3. The third-order valence-corrected chi connectivity index (χ3v) is 5.44. The van der Waals surface area contributed by atoms with E-state index in [2.05, 4.69) is 37.3 Å². The predicted octanol–water partition coefficient (Wildman–Crippen LogP) is 2.36. The van der Waals surface area contributed by atoms with Crippen LogP contribution in [0.3, 0.4) is 0 Å². The van der Waals surface area contributed by atoms with Crippen molar-refractivity contribution in [3.8, 4) is 0 Å². The minimum absolute atomic E-state index is 0.267. The highest BCUT2D eigenvalue weighted by Crippen LogP contribution is 2.35. The molecule has 2 N–H and O–H groups in total. The minimum Gasteiger partial charge on any atom is -0.376 e. The second-order valence-corrected chi connectivity index (χ2v) is 6.44. The summed E-state index contributed by atoms with van der Waals surface area (Å²) in [5.74, 6) is 0.649. The first kappa shape index (κ1) is 12.4. The molecule has 0 spiro atoms. The van der Waals surface area contributed by atoms with Gasteiger partial charge in [-0.3, -0.25) is 4.99 Å². The molecule has 1 fully saturated rings. The van der Waals surface area contributed by atoms with Gasteiger partial charge >= 0.3 is 0 Å². The third kappa shape index (κ3) is 2.29. The fourth-order valence-corrected chi connectivity index (χ4v) is 4.27. The molecule has 0 amide bonds. The molecule has 1 aromatic heterocycles. The van der Waals surface area contributed by atoms with Crippen LogP contribution in [0.5, 0.6) is 0 Å². The molecular formula is C12H16BrN3OS. The number of nitrogens with zero attached hydrogens (tertiary/aromatic N) is 2. The third-order valence-electron chi connectivity index (χ3n) is 3.47. The molecule has 0 saturated carbocycles. The summed E-state index contributed by atoms with van der Waals surface area (Å²) in [7, 11) is 0. The van der Waals surface area contributed by atoms with Crippen LogP contribution < -0.4 is 5.73 Å². The second-order valence-electron chi connectivity index (χ2n) is 4.63. The van der Waals surface area contributed by atoms with Crippen LogP contribution in [0.15, 0.2) is 20.9 Å². The SMILES string of the molecule is NC1=NCC(c2sccc2Br)N1CC1CCCO1. The molecule has 4 nitrogen and oxygen atoms in total. The highest BCUT2D eigenvalue weighted by atomic mass is 79.9. The van der Waals surface area contributed by atoms with Gasteiger partial charge in [0, 0.05) is 22.5 Å². The summed E-state index contributed by atoms with van der Waals surface area (Å²) in [6.07, 6.45) is 2.59. The zero-order valence-corrected chi connectivity index (χ0v) is 12.4. The van der Waals surface area contributed by atoms with Crippen molar-refractivity contribution in [2.45, 2.75) is 25.0 Å². The standard InChI is InChI=1S/C12H16BrN3OS/c13-9-3-5-18-11(9)10-6-15-12(14)16(10)7-8-2-1-4-17-8/h3,5,8,10H,1-2,4,6-7H2,(H2,14,15). The van der Waals surface area contributed by atoms with Crippen molar-refractivity contribution in [3.05, 3.63) is 20.8 Å². The van der Waals surface area contributed by atoms with Gasteiger partial charge in [0.25, 0.3) is 0 Å². The van der Waals surface area contributed by atoms with Crippen LogP contribution >= 0.6 is 27.3 Å². The highest BCUT2D eigenvalue weighted by Gasteiger charge is 2.32. The number of ether oxygens (including phenoxy) is 1. The topological polar surface area (TPSA) is 50.8 Å². The minimum atomic E-state index is 0.267. The molecule has 2 aliphatic rings. The number of nitrogens with two attached hydrogens (primary N) is 1. The monoisotopic (exact) mass is 329 g/mol. The molecule has 3 heterocycles. The molecule has 18 heavy (non-hydrogen) atoms. The molecule has 2 atom stereocenters. The van der Waals surface area contributed by atoms with E-state index in [9.17, 15) is 0 Å². The van der Waals surface area contributed by atoms with Crippen LogP contribution in [0, 0.1) is 0 Å². The number of thiophene rings is 1. The van der Waals surface area contributed by atoms with Gasteiger partial charge < -0.3 is 15.4 Å². The zero-order valence-electron chi connectivity index (χ0n) is 10.0. The summed E-state index contributed by atoms with van der Waals surface area (Å²) in [5.41, 5.74) is 6.01. The molecule has 3 rings (SSSR count). The maximum atomic E-state index is 6.01. The fraction of sp³-hybridized carbons (Fsp3) is 0.583. The van der Waals surface area contributed by atoms with Gasteiger partial charge in [-0.25, -0.2) is 0 Å². The first-order chi connectivity index (χ1) is 8.75. The molecule has 6 heteroatoms. The van der Waals surface area contributed by atoms with E-state index in [0.717, 1.165) is 37.0 Å². The van der Waals surface area contributed by atoms with Crippen molar-refractivity contribution < 1.29 is 4.74 Å². The Morgan fingerprint density at radius 2 is 2.50 bits per heavy atom. The van der Waals surface area contributed by atoms with Crippen molar-refractivity contribution in [3.63, 3.8) is 0 Å². The zero-order chi connectivity index (χ0) is 12.5.